The van der Waals surface area contributed by atoms with Crippen molar-refractivity contribution in [3.05, 3.63) is 41.5 Å². The topological polar surface area (TPSA) is 70.9 Å². The van der Waals surface area contributed by atoms with E-state index in [0.29, 0.717) is 11.6 Å². The molecule has 0 saturated carbocycles. The van der Waals surface area contributed by atoms with Crippen LogP contribution in [-0.4, -0.2) is 24.2 Å². The lowest BCUT2D eigenvalue weighted by Crippen LogP contribution is -2.04. The fraction of sp³-hybridized carbons (Fsp3) is 0.286. The molecule has 2 aromatic rings. The van der Waals surface area contributed by atoms with Crippen LogP contribution in [-0.2, 0) is 0 Å². The average molecular weight is 257 g/mol. The van der Waals surface area contributed by atoms with Crippen LogP contribution < -0.4 is 9.47 Å². The summed E-state index contributed by atoms with van der Waals surface area (Å²) in [6.45, 7) is 1.93. The minimum absolute atomic E-state index is 0.514. The smallest absolute Gasteiger partial charge is 0.133 e. The van der Waals surface area contributed by atoms with E-state index in [9.17, 15) is 5.26 Å². The van der Waals surface area contributed by atoms with Gasteiger partial charge in [-0.2, -0.15) is 5.26 Å². The Morgan fingerprint density at radius 1 is 1.26 bits per heavy atom. The summed E-state index contributed by atoms with van der Waals surface area (Å²) in [4.78, 5) is 7.10. The molecule has 5 nitrogen and oxygen atoms in total. The molecule has 1 unspecified atom stereocenters. The van der Waals surface area contributed by atoms with Crippen LogP contribution in [0.1, 0.15) is 22.9 Å². The summed E-state index contributed by atoms with van der Waals surface area (Å²) >= 11 is 0. The number of rotatable bonds is 4. The predicted molar refractivity (Wildman–Crippen MR) is 70.3 cm³/mol. The fourth-order valence-corrected chi connectivity index (χ4v) is 2.01. The number of ether oxygens (including phenoxy) is 2. The van der Waals surface area contributed by atoms with E-state index in [-0.39, 0.29) is 0 Å². The molecule has 0 fully saturated rings. The third kappa shape index (κ3) is 2.38. The zero-order chi connectivity index (χ0) is 13.8. The summed E-state index contributed by atoms with van der Waals surface area (Å²) in [5.74, 6) is 1.45. The lowest BCUT2D eigenvalue weighted by atomic mass is 9.97. The molecule has 1 N–H and O–H groups in total. The first kappa shape index (κ1) is 13.0. The number of aromatic nitrogens is 2. The van der Waals surface area contributed by atoms with Crippen molar-refractivity contribution in [2.75, 3.05) is 14.2 Å². The summed E-state index contributed by atoms with van der Waals surface area (Å²) in [6, 6.07) is 5.92. The van der Waals surface area contributed by atoms with Crippen molar-refractivity contribution in [2.24, 2.45) is 0 Å². The van der Waals surface area contributed by atoms with Crippen molar-refractivity contribution in [3.63, 3.8) is 0 Å². The molecule has 0 bridgehead atoms. The summed E-state index contributed by atoms with van der Waals surface area (Å²) in [7, 11) is 3.19. The van der Waals surface area contributed by atoms with Crippen molar-refractivity contribution < 1.29 is 9.47 Å². The van der Waals surface area contributed by atoms with Crippen molar-refractivity contribution >= 4 is 0 Å². The predicted octanol–water partition coefficient (Wildman–Crippen LogP) is 2.39. The van der Waals surface area contributed by atoms with Gasteiger partial charge in [0, 0.05) is 18.0 Å². The van der Waals surface area contributed by atoms with Gasteiger partial charge < -0.3 is 14.5 Å². The SMILES string of the molecule is COc1cc(C(C#N)c2ncc[nH]2)c(OC)cc1C. The summed E-state index contributed by atoms with van der Waals surface area (Å²) in [5, 5.41) is 9.40. The van der Waals surface area contributed by atoms with E-state index in [4.69, 9.17) is 9.47 Å². The molecule has 0 saturated heterocycles. The number of nitrogens with zero attached hydrogens (tertiary/aromatic N) is 2. The second kappa shape index (κ2) is 5.44. The van der Waals surface area contributed by atoms with E-state index < -0.39 is 5.92 Å². The lowest BCUT2D eigenvalue weighted by Gasteiger charge is -2.15. The standard InChI is InChI=1S/C14H15N3O2/c1-9-6-13(19-3)10(7-12(9)18-2)11(8-15)14-16-4-5-17-14/h4-7,11H,1-3H3,(H,16,17). The second-order valence-electron chi connectivity index (χ2n) is 4.10. The second-order valence-corrected chi connectivity index (χ2v) is 4.10. The van der Waals surface area contributed by atoms with E-state index in [2.05, 4.69) is 16.0 Å². The number of aromatic amines is 1. The molecule has 98 valence electrons. The molecule has 0 aliphatic heterocycles. The number of hydrogen-bond acceptors (Lipinski definition) is 4. The molecule has 5 heteroatoms. The number of benzene rings is 1. The van der Waals surface area contributed by atoms with E-state index in [1.807, 2.05) is 19.1 Å². The van der Waals surface area contributed by atoms with E-state index in [0.717, 1.165) is 16.9 Å². The highest BCUT2D eigenvalue weighted by molar-refractivity contribution is 5.51. The molecular weight excluding hydrogens is 242 g/mol. The van der Waals surface area contributed by atoms with Gasteiger partial charge in [0.15, 0.2) is 0 Å². The Balaban J connectivity index is 2.56. The minimum atomic E-state index is -0.514. The molecule has 1 atom stereocenters. The highest BCUT2D eigenvalue weighted by atomic mass is 16.5. The Morgan fingerprint density at radius 2 is 2.00 bits per heavy atom. The normalized spacial score (nSPS) is 11.7. The number of nitrogens with one attached hydrogen (secondary N) is 1. The van der Waals surface area contributed by atoms with Crippen LogP contribution in [0.15, 0.2) is 24.5 Å². The van der Waals surface area contributed by atoms with Gasteiger partial charge in [0.1, 0.15) is 23.2 Å². The maximum Gasteiger partial charge on any atom is 0.133 e. The molecule has 1 aromatic heterocycles. The summed E-state index contributed by atoms with van der Waals surface area (Å²) < 4.78 is 10.7. The molecule has 0 amide bonds. The fourth-order valence-electron chi connectivity index (χ4n) is 2.01. The van der Waals surface area contributed by atoms with E-state index in [1.165, 1.54) is 0 Å². The van der Waals surface area contributed by atoms with Gasteiger partial charge in [-0.3, -0.25) is 0 Å². The minimum Gasteiger partial charge on any atom is -0.496 e. The van der Waals surface area contributed by atoms with Gasteiger partial charge in [-0.05, 0) is 24.6 Å². The molecule has 2 rings (SSSR count). The third-order valence-corrected chi connectivity index (χ3v) is 2.98. The van der Waals surface area contributed by atoms with Gasteiger partial charge in [0.2, 0.25) is 0 Å². The summed E-state index contributed by atoms with van der Waals surface area (Å²) in [6.07, 6.45) is 3.31. The van der Waals surface area contributed by atoms with Crippen molar-refractivity contribution in [2.45, 2.75) is 12.8 Å². The van der Waals surface area contributed by atoms with Gasteiger partial charge in [-0.15, -0.1) is 0 Å². The first-order valence-corrected chi connectivity index (χ1v) is 5.82. The van der Waals surface area contributed by atoms with Gasteiger partial charge in [0.05, 0.1) is 20.3 Å². The number of imidazole rings is 1. The van der Waals surface area contributed by atoms with Gasteiger partial charge >= 0.3 is 0 Å². The van der Waals surface area contributed by atoms with Crippen molar-refractivity contribution in [3.8, 4) is 17.6 Å². The molecule has 1 aromatic carbocycles. The molecule has 0 aliphatic carbocycles. The molecule has 0 spiro atoms. The number of nitriles is 1. The zero-order valence-electron chi connectivity index (χ0n) is 11.1. The van der Waals surface area contributed by atoms with Crippen LogP contribution in [0, 0.1) is 18.3 Å². The molecule has 1 heterocycles. The number of methoxy groups -OCH3 is 2. The molecule has 0 radical (unpaired) electrons. The maximum atomic E-state index is 9.40. The summed E-state index contributed by atoms with van der Waals surface area (Å²) in [5.41, 5.74) is 1.70. The third-order valence-electron chi connectivity index (χ3n) is 2.98. The monoisotopic (exact) mass is 257 g/mol. The quantitative estimate of drug-likeness (QED) is 0.912. The van der Waals surface area contributed by atoms with E-state index in [1.54, 1.807) is 26.6 Å². The Hall–Kier alpha value is -2.48. The van der Waals surface area contributed by atoms with Crippen LogP contribution in [0.25, 0.3) is 0 Å². The average Bonchev–Trinajstić information content (AvgIpc) is 2.94. The van der Waals surface area contributed by atoms with E-state index >= 15 is 0 Å². The first-order valence-electron chi connectivity index (χ1n) is 5.82. The van der Waals surface area contributed by atoms with Crippen molar-refractivity contribution in [1.29, 1.82) is 5.26 Å². The van der Waals surface area contributed by atoms with Crippen molar-refractivity contribution in [1.82, 2.24) is 9.97 Å². The van der Waals surface area contributed by atoms with Crippen LogP contribution >= 0.6 is 0 Å². The first-order chi connectivity index (χ1) is 9.21. The van der Waals surface area contributed by atoms with Crippen LogP contribution in [0.2, 0.25) is 0 Å². The van der Waals surface area contributed by atoms with Crippen LogP contribution in [0.4, 0.5) is 0 Å². The highest BCUT2D eigenvalue weighted by Crippen LogP contribution is 2.35. The highest BCUT2D eigenvalue weighted by Gasteiger charge is 2.21. The molecular formula is C14H15N3O2. The number of hydrogen-bond donors (Lipinski definition) is 1. The largest absolute Gasteiger partial charge is 0.496 e. The Bertz CT molecular complexity index is 600. The Kier molecular flexibility index (Phi) is 3.71. The maximum absolute atomic E-state index is 9.40. The van der Waals surface area contributed by atoms with Gasteiger partial charge in [-0.25, -0.2) is 4.98 Å². The Morgan fingerprint density at radius 3 is 2.53 bits per heavy atom. The Labute approximate surface area is 111 Å². The molecule has 19 heavy (non-hydrogen) atoms. The van der Waals surface area contributed by atoms with Gasteiger partial charge in [0.25, 0.3) is 0 Å². The molecule has 0 aliphatic rings. The van der Waals surface area contributed by atoms with Crippen LogP contribution in [0.3, 0.4) is 0 Å². The van der Waals surface area contributed by atoms with Gasteiger partial charge in [-0.1, -0.05) is 0 Å². The number of aryl methyl sites for hydroxylation is 1. The van der Waals surface area contributed by atoms with Crippen LogP contribution in [0.5, 0.6) is 11.5 Å². The number of H-pyrrole nitrogens is 1. The lowest BCUT2D eigenvalue weighted by molar-refractivity contribution is 0.396. The zero-order valence-corrected chi connectivity index (χ0v) is 11.1.